The van der Waals surface area contributed by atoms with E-state index in [1.54, 1.807) is 9.62 Å². The first kappa shape index (κ1) is 7.71. The van der Waals surface area contributed by atoms with Gasteiger partial charge in [-0.15, -0.1) is 0 Å². The molecule has 0 spiro atoms. The molecule has 0 atom stereocenters. The second-order valence-electron chi connectivity index (χ2n) is 0.778. The molecule has 1 rings (SSSR count). The van der Waals surface area contributed by atoms with Crippen LogP contribution in [-0.2, 0) is 4.79 Å². The molecule has 40 valence electrons. The molecule has 0 N–H and O–H groups in total. The van der Waals surface area contributed by atoms with E-state index >= 15 is 0 Å². The molecule has 0 aromatic carbocycles. The van der Waals surface area contributed by atoms with Gasteiger partial charge < -0.3 is 4.42 Å². The molecule has 0 aliphatic heterocycles. The fraction of sp³-hybridized carbons (Fsp3) is 0. The van der Waals surface area contributed by atoms with Gasteiger partial charge in [-0.1, -0.05) is 0 Å². The van der Waals surface area contributed by atoms with Crippen LogP contribution >= 0.6 is 0 Å². The number of carbonyl (C=O) groups excluding carboxylic acids is 1. The predicted molar refractivity (Wildman–Crippen MR) is 28.0 cm³/mol. The Hall–Kier alpha value is -0.288. The van der Waals surface area contributed by atoms with Gasteiger partial charge in [-0.05, 0) is 0 Å². The van der Waals surface area contributed by atoms with E-state index in [0.29, 0.717) is 25.3 Å². The van der Waals surface area contributed by atoms with Gasteiger partial charge in [0, 0.05) is 0 Å². The molecule has 8 heavy (non-hydrogen) atoms. The zero-order chi connectivity index (χ0) is 6.24. The molecule has 1 aromatic heterocycles. The molecule has 0 unspecified atom stereocenters. The van der Waals surface area contributed by atoms with Crippen molar-refractivity contribution >= 4 is 28.7 Å². The second-order valence-corrected chi connectivity index (χ2v) is 1.57. The predicted octanol–water partition coefficient (Wildman–Crippen LogP) is -0.103. The molecular formula is C4H3NO2Pb. The van der Waals surface area contributed by atoms with Gasteiger partial charge in [-0.25, -0.2) is 4.98 Å². The summed E-state index contributed by atoms with van der Waals surface area (Å²) in [7, 11) is 0. The Labute approximate surface area is 61.9 Å². The molecule has 0 amide bonds. The van der Waals surface area contributed by atoms with Crippen LogP contribution in [0.2, 0.25) is 0 Å². The zero-order valence-electron chi connectivity index (χ0n) is 4.00. The van der Waals surface area contributed by atoms with Gasteiger partial charge in [0.1, 0.15) is 6.26 Å². The van der Waals surface area contributed by atoms with Crippen LogP contribution in [0, 0.1) is 0 Å². The Bertz CT molecular complexity index is 126. The Morgan fingerprint density at radius 1 is 1.75 bits per heavy atom. The molecule has 0 bridgehead atoms. The monoisotopic (exact) mass is 305 g/mol. The molecule has 4 heteroatoms. The van der Waals surface area contributed by atoms with E-state index in [4.69, 9.17) is 4.79 Å². The van der Waals surface area contributed by atoms with E-state index < -0.39 is 0 Å². The van der Waals surface area contributed by atoms with Crippen molar-refractivity contribution < 1.29 is 9.21 Å². The average Bonchev–Trinajstić information content (AvgIpc) is 2.17. The van der Waals surface area contributed by atoms with Crippen molar-refractivity contribution in [3.8, 4) is 0 Å². The topological polar surface area (TPSA) is 43.1 Å². The van der Waals surface area contributed by atoms with Crippen LogP contribution in [0.3, 0.4) is 0 Å². The van der Waals surface area contributed by atoms with Gasteiger partial charge in [-0.2, -0.15) is 0 Å². The molecule has 0 saturated carbocycles. The molecule has 0 fully saturated rings. The number of aromatic nitrogens is 1. The van der Waals surface area contributed by atoms with Gasteiger partial charge in [-0.3, -0.25) is 0 Å². The number of nitrogens with zero attached hydrogens (tertiary/aromatic N) is 1. The van der Waals surface area contributed by atoms with Crippen molar-refractivity contribution in [2.24, 2.45) is 0 Å². The summed E-state index contributed by atoms with van der Waals surface area (Å²) in [6, 6.07) is 0. The van der Waals surface area contributed by atoms with E-state index in [-0.39, 0.29) is 0 Å². The smallest absolute Gasteiger partial charge is 0.180 e. The van der Waals surface area contributed by atoms with Crippen molar-refractivity contribution in [3.05, 3.63) is 18.9 Å². The van der Waals surface area contributed by atoms with E-state index in [9.17, 15) is 0 Å². The number of oxazole rings is 1. The number of hydrogen-bond acceptors (Lipinski definition) is 3. The molecule has 3 nitrogen and oxygen atoms in total. The summed E-state index contributed by atoms with van der Waals surface area (Å²) in [5.74, 6) is 0. The fourth-order valence-corrected chi connectivity index (χ4v) is 0.176. The maximum atomic E-state index is 8.74. The maximum Gasteiger partial charge on any atom is 0.180 e. The molecule has 0 aliphatic rings. The first-order chi connectivity index (χ1) is 3.91. The molecule has 0 saturated heterocycles. The van der Waals surface area contributed by atoms with Crippen LogP contribution in [0.4, 0.5) is 0 Å². The van der Waals surface area contributed by atoms with Crippen LogP contribution in [0.5, 0.6) is 0 Å². The largest absolute Gasteiger partial charge is 0.452 e. The van der Waals surface area contributed by atoms with Crippen LogP contribution in [0.15, 0.2) is 23.3 Å². The first-order valence-corrected chi connectivity index (χ1v) is 3.72. The van der Waals surface area contributed by atoms with Crippen LogP contribution in [0.1, 0.15) is 0 Å². The standard InChI is InChI=1S/C3H3NO.CO.Pb/c1-2-5-3-4-1;1-2;/h1-3H;;. The summed E-state index contributed by atoms with van der Waals surface area (Å²) in [4.78, 5) is 12.3. The summed E-state index contributed by atoms with van der Waals surface area (Å²) >= 11 is 0.563. The van der Waals surface area contributed by atoms with E-state index in [2.05, 4.69) is 9.40 Å². The minimum absolute atomic E-state index is 0.563. The third-order valence-electron chi connectivity index (χ3n) is 0.347. The summed E-state index contributed by atoms with van der Waals surface area (Å²) < 4.78 is 6.11. The van der Waals surface area contributed by atoms with Gasteiger partial charge >= 0.3 is 33.5 Å². The Morgan fingerprint density at radius 2 is 2.38 bits per heavy atom. The van der Waals surface area contributed by atoms with Crippen molar-refractivity contribution in [3.63, 3.8) is 0 Å². The average molecular weight is 304 g/mol. The van der Waals surface area contributed by atoms with Gasteiger partial charge in [0.15, 0.2) is 6.39 Å². The Morgan fingerprint density at radius 3 is 2.50 bits per heavy atom. The third-order valence-corrected chi connectivity index (χ3v) is 0.347. The summed E-state index contributed by atoms with van der Waals surface area (Å²) in [6.45, 7) is 0. The Balaban J connectivity index is 0.000000145. The van der Waals surface area contributed by atoms with Crippen LogP contribution < -0.4 is 0 Å². The van der Waals surface area contributed by atoms with Crippen molar-refractivity contribution in [1.82, 2.24) is 4.98 Å². The van der Waals surface area contributed by atoms with E-state index in [0.717, 1.165) is 0 Å². The third kappa shape index (κ3) is 5.71. The van der Waals surface area contributed by atoms with Gasteiger partial charge in [0.25, 0.3) is 0 Å². The minimum atomic E-state index is 0.563. The molecule has 1 heterocycles. The second kappa shape index (κ2) is 6.71. The van der Waals surface area contributed by atoms with Crippen LogP contribution in [0.25, 0.3) is 0 Å². The SMILES string of the molecule is O=[C]=[Pb].c1cocn1. The van der Waals surface area contributed by atoms with Crippen molar-refractivity contribution in [1.29, 1.82) is 0 Å². The quantitative estimate of drug-likeness (QED) is 0.629. The minimum Gasteiger partial charge on any atom is -0.452 e. The molecular weight excluding hydrogens is 301 g/mol. The first-order valence-electron chi connectivity index (χ1n) is 1.78. The van der Waals surface area contributed by atoms with Crippen LogP contribution in [-0.4, -0.2) is 33.7 Å². The normalized spacial score (nSPS) is 6.00. The molecule has 1 aromatic rings. The molecule has 0 aliphatic carbocycles. The number of rotatable bonds is 0. The molecule has 2 radical (unpaired) electrons. The number of hydrogen-bond donors (Lipinski definition) is 0. The zero-order valence-corrected chi connectivity index (χ0v) is 7.88. The summed E-state index contributed by atoms with van der Waals surface area (Å²) in [5, 5.41) is 0. The van der Waals surface area contributed by atoms with Gasteiger partial charge in [0.05, 0.1) is 6.20 Å². The fourth-order valence-electron chi connectivity index (χ4n) is 0.176. The Kier molecular flexibility index (Phi) is 6.47. The summed E-state index contributed by atoms with van der Waals surface area (Å²) in [5.41, 5.74) is 0. The summed E-state index contributed by atoms with van der Waals surface area (Å²) in [6.07, 6.45) is 4.47. The maximum absolute atomic E-state index is 8.74. The van der Waals surface area contributed by atoms with E-state index in [1.807, 2.05) is 0 Å². The van der Waals surface area contributed by atoms with Gasteiger partial charge in [0.2, 0.25) is 0 Å². The van der Waals surface area contributed by atoms with Crippen molar-refractivity contribution in [2.45, 2.75) is 0 Å². The van der Waals surface area contributed by atoms with Crippen molar-refractivity contribution in [2.75, 3.05) is 0 Å². The van der Waals surface area contributed by atoms with E-state index in [1.165, 1.54) is 12.7 Å².